The summed E-state index contributed by atoms with van der Waals surface area (Å²) in [5.74, 6) is 0.535. The second kappa shape index (κ2) is 5.29. The monoisotopic (exact) mass is 334 g/mol. The van der Waals surface area contributed by atoms with Gasteiger partial charge in [0.2, 0.25) is 5.91 Å². The summed E-state index contributed by atoms with van der Waals surface area (Å²) in [6, 6.07) is 0.172. The number of nitrogens with one attached hydrogen (secondary N) is 1. The van der Waals surface area contributed by atoms with E-state index in [9.17, 15) is 14.9 Å². The number of nitro groups is 1. The summed E-state index contributed by atoms with van der Waals surface area (Å²) in [6.07, 6.45) is 3.40. The maximum absolute atomic E-state index is 12.5. The van der Waals surface area contributed by atoms with Crippen molar-refractivity contribution in [1.82, 2.24) is 15.1 Å². The van der Waals surface area contributed by atoms with E-state index in [-0.39, 0.29) is 35.0 Å². The topological polar surface area (TPSA) is 90.1 Å². The summed E-state index contributed by atoms with van der Waals surface area (Å²) >= 11 is 0. The van der Waals surface area contributed by atoms with Crippen LogP contribution in [-0.2, 0) is 11.3 Å². The van der Waals surface area contributed by atoms with Gasteiger partial charge in [0.15, 0.2) is 0 Å². The van der Waals surface area contributed by atoms with Gasteiger partial charge in [-0.15, -0.1) is 0 Å². The molecule has 0 unspecified atom stereocenters. The number of carbonyl (C=O) groups excluding carboxylic acids is 1. The first-order chi connectivity index (χ1) is 11.1. The Balaban J connectivity index is 1.72. The summed E-state index contributed by atoms with van der Waals surface area (Å²) in [5, 5.41) is 18.4. The summed E-state index contributed by atoms with van der Waals surface area (Å²) in [4.78, 5) is 23.1. The second-order valence-electron chi connectivity index (χ2n) is 8.16. The van der Waals surface area contributed by atoms with E-state index in [0.717, 1.165) is 12.8 Å². The maximum Gasteiger partial charge on any atom is 0.312 e. The highest BCUT2D eigenvalue weighted by molar-refractivity contribution is 5.76. The minimum Gasteiger partial charge on any atom is -0.351 e. The molecule has 0 saturated heterocycles. The number of hydrogen-bond acceptors (Lipinski definition) is 4. The van der Waals surface area contributed by atoms with Crippen LogP contribution in [0.1, 0.15) is 51.4 Å². The van der Waals surface area contributed by atoms with Crippen LogP contribution >= 0.6 is 0 Å². The molecule has 24 heavy (non-hydrogen) atoms. The molecule has 2 saturated carbocycles. The zero-order chi connectivity index (χ0) is 17.9. The van der Waals surface area contributed by atoms with Gasteiger partial charge in [-0.25, -0.2) is 0 Å². The number of fused-ring (bicyclic) bond motifs is 2. The van der Waals surface area contributed by atoms with Gasteiger partial charge < -0.3 is 5.32 Å². The molecule has 1 aromatic rings. The SMILES string of the molecule is Cc1nn(CC(=O)N[C@@H]2C[C@H]3CC[C@@]2(C)C3(C)C)c(C)c1[N+](=O)[O-]. The lowest BCUT2D eigenvalue weighted by Gasteiger charge is -2.39. The third-order valence-electron chi connectivity index (χ3n) is 6.95. The highest BCUT2D eigenvalue weighted by Gasteiger charge is 2.61. The Bertz CT molecular complexity index is 709. The number of aromatic nitrogens is 2. The molecule has 3 atom stereocenters. The van der Waals surface area contributed by atoms with Crippen LogP contribution in [0.3, 0.4) is 0 Å². The molecule has 1 amide bonds. The fourth-order valence-electron chi connectivity index (χ4n) is 4.90. The minimum absolute atomic E-state index is 0.00387. The van der Waals surface area contributed by atoms with Crippen molar-refractivity contribution in [3.63, 3.8) is 0 Å². The summed E-state index contributed by atoms with van der Waals surface area (Å²) < 4.78 is 1.43. The molecule has 0 aliphatic heterocycles. The van der Waals surface area contributed by atoms with Gasteiger partial charge in [0.1, 0.15) is 17.9 Å². The van der Waals surface area contributed by atoms with Crippen molar-refractivity contribution in [2.75, 3.05) is 0 Å². The third kappa shape index (κ3) is 2.24. The van der Waals surface area contributed by atoms with Crippen LogP contribution in [0.5, 0.6) is 0 Å². The van der Waals surface area contributed by atoms with E-state index in [1.807, 2.05) is 0 Å². The zero-order valence-corrected chi connectivity index (χ0v) is 15.0. The second-order valence-corrected chi connectivity index (χ2v) is 8.16. The molecule has 1 heterocycles. The molecular weight excluding hydrogens is 308 g/mol. The van der Waals surface area contributed by atoms with E-state index < -0.39 is 4.92 Å². The summed E-state index contributed by atoms with van der Waals surface area (Å²) in [7, 11) is 0. The zero-order valence-electron chi connectivity index (χ0n) is 15.0. The molecule has 132 valence electrons. The van der Waals surface area contributed by atoms with E-state index in [1.54, 1.807) is 13.8 Å². The van der Waals surface area contributed by atoms with Crippen molar-refractivity contribution in [2.24, 2.45) is 16.7 Å². The van der Waals surface area contributed by atoms with E-state index in [4.69, 9.17) is 0 Å². The molecule has 7 nitrogen and oxygen atoms in total. The van der Waals surface area contributed by atoms with E-state index in [0.29, 0.717) is 17.3 Å². The standard InChI is InChI=1S/C17H26N4O3/c1-10-15(21(23)24)11(2)20(19-10)9-14(22)18-13-8-12-6-7-17(13,5)16(12,3)4/h12-13H,6-9H2,1-5H3,(H,18,22)/t12-,13-,17-/m1/s1. The molecule has 3 rings (SSSR count). The lowest BCUT2D eigenvalue weighted by atomic mass is 9.69. The predicted molar refractivity (Wildman–Crippen MR) is 89.5 cm³/mol. The van der Waals surface area contributed by atoms with Gasteiger partial charge in [-0.2, -0.15) is 5.10 Å². The van der Waals surface area contributed by atoms with Gasteiger partial charge in [0.05, 0.1) is 4.92 Å². The van der Waals surface area contributed by atoms with Crippen LogP contribution < -0.4 is 5.32 Å². The number of nitrogens with zero attached hydrogens (tertiary/aromatic N) is 3. The predicted octanol–water partition coefficient (Wildman–Crippen LogP) is 2.74. The molecule has 2 aliphatic rings. The number of amides is 1. The highest BCUT2D eigenvalue weighted by atomic mass is 16.6. The third-order valence-corrected chi connectivity index (χ3v) is 6.95. The van der Waals surface area contributed by atoms with Gasteiger partial charge in [-0.3, -0.25) is 19.6 Å². The minimum atomic E-state index is -0.439. The van der Waals surface area contributed by atoms with E-state index >= 15 is 0 Å². The van der Waals surface area contributed by atoms with Gasteiger partial charge in [-0.1, -0.05) is 20.8 Å². The first-order valence-electron chi connectivity index (χ1n) is 8.55. The Morgan fingerprint density at radius 3 is 2.54 bits per heavy atom. The Morgan fingerprint density at radius 2 is 2.08 bits per heavy atom. The van der Waals surface area contributed by atoms with Crippen LogP contribution in [-0.4, -0.2) is 26.7 Å². The first kappa shape index (κ1) is 16.9. The van der Waals surface area contributed by atoms with Crippen LogP contribution in [0.25, 0.3) is 0 Å². The van der Waals surface area contributed by atoms with Crippen molar-refractivity contribution in [3.8, 4) is 0 Å². The lowest BCUT2D eigenvalue weighted by Crippen LogP contribution is -2.47. The summed E-state index contributed by atoms with van der Waals surface area (Å²) in [5.41, 5.74) is 1.12. The molecule has 2 bridgehead atoms. The van der Waals surface area contributed by atoms with Crippen molar-refractivity contribution < 1.29 is 9.72 Å². The quantitative estimate of drug-likeness (QED) is 0.677. The molecule has 1 N–H and O–H groups in total. The van der Waals surface area contributed by atoms with Crippen LogP contribution in [0.4, 0.5) is 5.69 Å². The average Bonchev–Trinajstić information content (AvgIpc) is 2.93. The first-order valence-corrected chi connectivity index (χ1v) is 8.55. The van der Waals surface area contributed by atoms with Gasteiger partial charge in [0, 0.05) is 6.04 Å². The largest absolute Gasteiger partial charge is 0.351 e. The lowest BCUT2D eigenvalue weighted by molar-refractivity contribution is -0.386. The molecule has 2 fully saturated rings. The normalized spacial score (nSPS) is 30.5. The number of carbonyl (C=O) groups is 1. The van der Waals surface area contributed by atoms with Gasteiger partial charge in [0.25, 0.3) is 0 Å². The van der Waals surface area contributed by atoms with Gasteiger partial charge in [-0.05, 0) is 49.9 Å². The van der Waals surface area contributed by atoms with E-state index in [2.05, 4.69) is 31.2 Å². The number of aryl methyl sites for hydroxylation is 1. The molecule has 0 radical (unpaired) electrons. The highest BCUT2D eigenvalue weighted by Crippen LogP contribution is 2.65. The smallest absolute Gasteiger partial charge is 0.312 e. The number of rotatable bonds is 4. The van der Waals surface area contributed by atoms with Crippen LogP contribution in [0.15, 0.2) is 0 Å². The average molecular weight is 334 g/mol. The molecule has 0 spiro atoms. The van der Waals surface area contributed by atoms with Crippen molar-refractivity contribution in [1.29, 1.82) is 0 Å². The molecule has 1 aromatic heterocycles. The van der Waals surface area contributed by atoms with E-state index in [1.165, 1.54) is 11.1 Å². The summed E-state index contributed by atoms with van der Waals surface area (Å²) in [6.45, 7) is 10.1. The fraction of sp³-hybridized carbons (Fsp3) is 0.765. The van der Waals surface area contributed by atoms with Gasteiger partial charge >= 0.3 is 5.69 Å². The fourth-order valence-corrected chi connectivity index (χ4v) is 4.90. The Hall–Kier alpha value is -1.92. The Morgan fingerprint density at radius 1 is 1.42 bits per heavy atom. The van der Waals surface area contributed by atoms with Crippen molar-refractivity contribution in [2.45, 2.75) is 66.5 Å². The molecule has 7 heteroatoms. The maximum atomic E-state index is 12.5. The molecule has 2 aliphatic carbocycles. The van der Waals surface area contributed by atoms with Crippen LogP contribution in [0.2, 0.25) is 0 Å². The molecular formula is C17H26N4O3. The van der Waals surface area contributed by atoms with Crippen molar-refractivity contribution in [3.05, 3.63) is 21.5 Å². The number of hydrogen-bond donors (Lipinski definition) is 1. The molecule has 0 aromatic carbocycles. The van der Waals surface area contributed by atoms with Crippen molar-refractivity contribution >= 4 is 11.6 Å². The Kier molecular flexibility index (Phi) is 3.73. The van der Waals surface area contributed by atoms with Crippen LogP contribution in [0, 0.1) is 40.7 Å². The Labute approximate surface area is 142 Å².